The Morgan fingerprint density at radius 1 is 1.70 bits per heavy atom. The van der Waals surface area contributed by atoms with Gasteiger partial charge in [0, 0.05) is 10.8 Å². The third kappa shape index (κ3) is 1.58. The van der Waals surface area contributed by atoms with E-state index in [0.717, 1.165) is 15.5 Å². The van der Waals surface area contributed by atoms with Crippen LogP contribution in [0.3, 0.4) is 0 Å². The number of carbonyl (C=O) groups is 1. The fourth-order valence-electron chi connectivity index (χ4n) is 0.640. The summed E-state index contributed by atoms with van der Waals surface area (Å²) in [5, 5.41) is 0. The van der Waals surface area contributed by atoms with E-state index in [2.05, 4.69) is 0 Å². The van der Waals surface area contributed by atoms with Crippen molar-refractivity contribution in [1.29, 1.82) is 0 Å². The van der Waals surface area contributed by atoms with E-state index < -0.39 is 0 Å². The second-order valence-electron chi connectivity index (χ2n) is 2.07. The van der Waals surface area contributed by atoms with Gasteiger partial charge in [0.2, 0.25) is 0 Å². The number of aldehydes is 1. The first-order chi connectivity index (χ1) is 4.74. The van der Waals surface area contributed by atoms with Crippen molar-refractivity contribution in [2.75, 3.05) is 0 Å². The van der Waals surface area contributed by atoms with E-state index in [1.54, 1.807) is 0 Å². The van der Waals surface area contributed by atoms with E-state index in [-0.39, 0.29) is 5.92 Å². The zero-order valence-corrected chi connectivity index (χ0v) is 7.08. The van der Waals surface area contributed by atoms with E-state index in [4.69, 9.17) is 11.6 Å². The van der Waals surface area contributed by atoms with E-state index >= 15 is 0 Å². The van der Waals surface area contributed by atoms with Gasteiger partial charge in [-0.2, -0.15) is 0 Å². The quantitative estimate of drug-likeness (QED) is 0.631. The summed E-state index contributed by atoms with van der Waals surface area (Å²) >= 11 is 7.12. The minimum atomic E-state index is -0.0162. The van der Waals surface area contributed by atoms with Crippen LogP contribution in [0.25, 0.3) is 0 Å². The summed E-state index contributed by atoms with van der Waals surface area (Å²) in [6.07, 6.45) is 0.919. The molecular weight excluding hydrogens is 168 g/mol. The lowest BCUT2D eigenvalue weighted by atomic mass is 10.2. The number of rotatable bonds is 2. The van der Waals surface area contributed by atoms with Gasteiger partial charge >= 0.3 is 0 Å². The molecule has 1 unspecified atom stereocenters. The van der Waals surface area contributed by atoms with Gasteiger partial charge in [0.1, 0.15) is 6.29 Å². The topological polar surface area (TPSA) is 17.1 Å². The molecule has 0 spiro atoms. The van der Waals surface area contributed by atoms with Crippen molar-refractivity contribution in [3.05, 3.63) is 21.3 Å². The third-order valence-corrected chi connectivity index (χ3v) is 2.68. The molecule has 0 amide bonds. The highest BCUT2D eigenvalue weighted by Gasteiger charge is 2.05. The average molecular weight is 175 g/mol. The van der Waals surface area contributed by atoms with Gasteiger partial charge in [0.05, 0.1) is 4.34 Å². The monoisotopic (exact) mass is 174 g/mol. The molecule has 1 aromatic rings. The van der Waals surface area contributed by atoms with Crippen molar-refractivity contribution in [3.8, 4) is 0 Å². The molecule has 0 N–H and O–H groups in total. The SMILES string of the molecule is CC(C=O)c1ccc(Cl)s1. The van der Waals surface area contributed by atoms with Crippen LogP contribution in [0.15, 0.2) is 12.1 Å². The number of carbonyl (C=O) groups excluding carboxylic acids is 1. The molecular formula is C7H7ClOS. The highest BCUT2D eigenvalue weighted by Crippen LogP contribution is 2.26. The Kier molecular flexibility index (Phi) is 2.46. The summed E-state index contributed by atoms with van der Waals surface area (Å²) in [5.41, 5.74) is 0. The second kappa shape index (κ2) is 3.17. The largest absolute Gasteiger partial charge is 0.303 e. The molecule has 0 aliphatic heterocycles. The van der Waals surface area contributed by atoms with E-state index in [1.807, 2.05) is 19.1 Å². The van der Waals surface area contributed by atoms with Crippen molar-refractivity contribution in [1.82, 2.24) is 0 Å². The molecule has 1 atom stereocenters. The predicted molar refractivity (Wildman–Crippen MR) is 43.8 cm³/mol. The molecule has 1 heterocycles. The first-order valence-electron chi connectivity index (χ1n) is 2.94. The second-order valence-corrected chi connectivity index (χ2v) is 3.81. The molecule has 0 aromatic carbocycles. The summed E-state index contributed by atoms with van der Waals surface area (Å²) in [6, 6.07) is 3.69. The molecule has 0 saturated heterocycles. The van der Waals surface area contributed by atoms with Gasteiger partial charge in [-0.3, -0.25) is 0 Å². The van der Waals surface area contributed by atoms with Crippen molar-refractivity contribution < 1.29 is 4.79 Å². The first kappa shape index (κ1) is 7.76. The fourth-order valence-corrected chi connectivity index (χ4v) is 1.71. The number of halogens is 1. The van der Waals surface area contributed by atoms with Crippen LogP contribution in [0, 0.1) is 0 Å². The van der Waals surface area contributed by atoms with E-state index in [0.29, 0.717) is 0 Å². The molecule has 10 heavy (non-hydrogen) atoms. The van der Waals surface area contributed by atoms with Crippen LogP contribution in [-0.4, -0.2) is 6.29 Å². The molecule has 0 bridgehead atoms. The smallest absolute Gasteiger partial charge is 0.127 e. The molecule has 0 radical (unpaired) electrons. The Bertz CT molecular complexity index is 231. The Labute approximate surface area is 68.6 Å². The van der Waals surface area contributed by atoms with Gasteiger partial charge in [-0.25, -0.2) is 0 Å². The molecule has 3 heteroatoms. The zero-order valence-electron chi connectivity index (χ0n) is 5.50. The third-order valence-electron chi connectivity index (χ3n) is 1.25. The van der Waals surface area contributed by atoms with Gasteiger partial charge in [-0.1, -0.05) is 18.5 Å². The van der Waals surface area contributed by atoms with Crippen molar-refractivity contribution in [2.24, 2.45) is 0 Å². The van der Waals surface area contributed by atoms with Crippen molar-refractivity contribution >= 4 is 29.2 Å². The summed E-state index contributed by atoms with van der Waals surface area (Å²) < 4.78 is 0.740. The number of thiophene rings is 1. The molecule has 1 aromatic heterocycles. The molecule has 1 rings (SSSR count). The van der Waals surface area contributed by atoms with Gasteiger partial charge in [0.25, 0.3) is 0 Å². The standard InChI is InChI=1S/C7H7ClOS/c1-5(4-9)6-2-3-7(8)10-6/h2-5H,1H3. The average Bonchev–Trinajstić information content (AvgIpc) is 2.34. The lowest BCUT2D eigenvalue weighted by Crippen LogP contribution is -1.88. The first-order valence-corrected chi connectivity index (χ1v) is 4.14. The Balaban J connectivity index is 2.84. The summed E-state index contributed by atoms with van der Waals surface area (Å²) in [6.45, 7) is 1.86. The molecule has 54 valence electrons. The van der Waals surface area contributed by atoms with E-state index in [9.17, 15) is 4.79 Å². The normalized spacial score (nSPS) is 13.0. The lowest BCUT2D eigenvalue weighted by Gasteiger charge is -1.94. The highest BCUT2D eigenvalue weighted by molar-refractivity contribution is 7.16. The van der Waals surface area contributed by atoms with Crippen LogP contribution in [0.4, 0.5) is 0 Å². The molecule has 0 aliphatic carbocycles. The van der Waals surface area contributed by atoms with Gasteiger partial charge < -0.3 is 4.79 Å². The van der Waals surface area contributed by atoms with Crippen LogP contribution in [0.5, 0.6) is 0 Å². The molecule has 0 fully saturated rings. The van der Waals surface area contributed by atoms with Crippen molar-refractivity contribution in [3.63, 3.8) is 0 Å². The Hall–Kier alpha value is -0.340. The van der Waals surface area contributed by atoms with Crippen LogP contribution in [0.2, 0.25) is 4.34 Å². The van der Waals surface area contributed by atoms with Gasteiger partial charge in [-0.15, -0.1) is 11.3 Å². The van der Waals surface area contributed by atoms with Crippen LogP contribution in [-0.2, 0) is 4.79 Å². The van der Waals surface area contributed by atoms with Crippen molar-refractivity contribution in [2.45, 2.75) is 12.8 Å². The van der Waals surface area contributed by atoms with Crippen LogP contribution >= 0.6 is 22.9 Å². The maximum Gasteiger partial charge on any atom is 0.127 e. The lowest BCUT2D eigenvalue weighted by molar-refractivity contribution is -0.108. The molecule has 0 saturated carbocycles. The minimum absolute atomic E-state index is 0.0162. The predicted octanol–water partition coefficient (Wildman–Crippen LogP) is 2.70. The minimum Gasteiger partial charge on any atom is -0.303 e. The van der Waals surface area contributed by atoms with E-state index in [1.165, 1.54) is 11.3 Å². The Morgan fingerprint density at radius 3 is 2.80 bits per heavy atom. The van der Waals surface area contributed by atoms with Gasteiger partial charge in [-0.05, 0) is 12.1 Å². The fraction of sp³-hybridized carbons (Fsp3) is 0.286. The summed E-state index contributed by atoms with van der Waals surface area (Å²) in [7, 11) is 0. The van der Waals surface area contributed by atoms with Crippen LogP contribution in [0.1, 0.15) is 17.7 Å². The maximum atomic E-state index is 10.3. The van der Waals surface area contributed by atoms with Gasteiger partial charge in [0.15, 0.2) is 0 Å². The van der Waals surface area contributed by atoms with Crippen LogP contribution < -0.4 is 0 Å². The Morgan fingerprint density at radius 2 is 2.40 bits per heavy atom. The number of hydrogen-bond acceptors (Lipinski definition) is 2. The maximum absolute atomic E-state index is 10.3. The summed E-state index contributed by atoms with van der Waals surface area (Å²) in [5.74, 6) is -0.0162. The molecule has 1 nitrogen and oxygen atoms in total. The zero-order chi connectivity index (χ0) is 7.56. The summed E-state index contributed by atoms with van der Waals surface area (Å²) in [4.78, 5) is 11.3. The number of hydrogen-bond donors (Lipinski definition) is 0. The highest BCUT2D eigenvalue weighted by atomic mass is 35.5. The molecule has 0 aliphatic rings.